The van der Waals surface area contributed by atoms with Crippen LogP contribution in [0.15, 0.2) is 41.3 Å². The first-order valence-corrected chi connectivity index (χ1v) is 8.07. The van der Waals surface area contributed by atoms with Crippen LogP contribution < -0.4 is 5.56 Å². The molecule has 1 saturated heterocycles. The summed E-state index contributed by atoms with van der Waals surface area (Å²) < 4.78 is 0. The summed E-state index contributed by atoms with van der Waals surface area (Å²) in [7, 11) is 0. The zero-order valence-electron chi connectivity index (χ0n) is 13.2. The van der Waals surface area contributed by atoms with Crippen molar-refractivity contribution >= 4 is 10.9 Å². The Morgan fingerprint density at radius 1 is 1.21 bits per heavy atom. The van der Waals surface area contributed by atoms with Crippen molar-refractivity contribution in [2.24, 2.45) is 0 Å². The van der Waals surface area contributed by atoms with Crippen molar-refractivity contribution in [1.82, 2.24) is 25.1 Å². The highest BCUT2D eigenvalue weighted by Gasteiger charge is 2.35. The summed E-state index contributed by atoms with van der Waals surface area (Å²) in [4.78, 5) is 21.7. The molecule has 1 aliphatic rings. The first-order valence-electron chi connectivity index (χ1n) is 8.07. The van der Waals surface area contributed by atoms with Crippen LogP contribution in [-0.4, -0.2) is 43.3 Å². The molecule has 0 unspecified atom stereocenters. The SMILES string of the molecule is O=c1[nH]c(CN2CCC(O)(c3ccn[nH]3)CC2)nc2ccccc12. The Hall–Kier alpha value is -2.51. The summed E-state index contributed by atoms with van der Waals surface area (Å²) in [5, 5.41) is 18.1. The maximum atomic E-state index is 12.1. The van der Waals surface area contributed by atoms with Gasteiger partial charge in [0.25, 0.3) is 5.56 Å². The molecule has 1 fully saturated rings. The van der Waals surface area contributed by atoms with E-state index in [1.165, 1.54) is 0 Å². The van der Waals surface area contributed by atoms with E-state index in [0.29, 0.717) is 36.1 Å². The van der Waals surface area contributed by atoms with Crippen LogP contribution in [0.3, 0.4) is 0 Å². The van der Waals surface area contributed by atoms with E-state index in [9.17, 15) is 9.90 Å². The third kappa shape index (κ3) is 2.72. The molecule has 3 heterocycles. The van der Waals surface area contributed by atoms with Crippen molar-refractivity contribution in [3.05, 3.63) is 58.4 Å². The molecule has 1 aliphatic heterocycles. The topological polar surface area (TPSA) is 97.9 Å². The number of hydrogen-bond acceptors (Lipinski definition) is 5. The van der Waals surface area contributed by atoms with Crippen LogP contribution in [-0.2, 0) is 12.1 Å². The molecule has 7 heteroatoms. The minimum atomic E-state index is -0.850. The highest BCUT2D eigenvalue weighted by molar-refractivity contribution is 5.77. The number of aliphatic hydroxyl groups is 1. The van der Waals surface area contributed by atoms with Crippen LogP contribution in [0.25, 0.3) is 10.9 Å². The van der Waals surface area contributed by atoms with Crippen LogP contribution in [0, 0.1) is 0 Å². The summed E-state index contributed by atoms with van der Waals surface area (Å²) in [6.07, 6.45) is 2.89. The van der Waals surface area contributed by atoms with Gasteiger partial charge < -0.3 is 10.1 Å². The summed E-state index contributed by atoms with van der Waals surface area (Å²) >= 11 is 0. The molecule has 0 aliphatic carbocycles. The van der Waals surface area contributed by atoms with E-state index in [1.807, 2.05) is 24.3 Å². The molecule has 0 bridgehead atoms. The lowest BCUT2D eigenvalue weighted by atomic mass is 9.88. The Kier molecular flexibility index (Phi) is 3.66. The number of benzene rings is 1. The Labute approximate surface area is 138 Å². The van der Waals surface area contributed by atoms with Gasteiger partial charge in [-0.3, -0.25) is 14.8 Å². The highest BCUT2D eigenvalue weighted by atomic mass is 16.3. The quantitative estimate of drug-likeness (QED) is 0.670. The smallest absolute Gasteiger partial charge is 0.258 e. The fourth-order valence-corrected chi connectivity index (χ4v) is 3.29. The van der Waals surface area contributed by atoms with Gasteiger partial charge in [0.2, 0.25) is 0 Å². The Morgan fingerprint density at radius 3 is 2.75 bits per heavy atom. The third-order valence-electron chi connectivity index (χ3n) is 4.72. The van der Waals surface area contributed by atoms with Gasteiger partial charge in [0.15, 0.2) is 0 Å². The minimum absolute atomic E-state index is 0.110. The summed E-state index contributed by atoms with van der Waals surface area (Å²) in [5.41, 5.74) is 0.514. The predicted octanol–water partition coefficient (Wildman–Crippen LogP) is 1.13. The number of aromatic nitrogens is 4. The molecule has 24 heavy (non-hydrogen) atoms. The average Bonchev–Trinajstić information content (AvgIpc) is 3.13. The first kappa shape index (κ1) is 15.0. The van der Waals surface area contributed by atoms with E-state index >= 15 is 0 Å². The number of piperidine rings is 1. The van der Waals surface area contributed by atoms with Crippen molar-refractivity contribution in [2.75, 3.05) is 13.1 Å². The molecule has 0 spiro atoms. The minimum Gasteiger partial charge on any atom is -0.383 e. The van der Waals surface area contributed by atoms with Gasteiger partial charge in [0.1, 0.15) is 11.4 Å². The Morgan fingerprint density at radius 2 is 2.00 bits per heavy atom. The van der Waals surface area contributed by atoms with Gasteiger partial charge in [-0.15, -0.1) is 0 Å². The number of rotatable bonds is 3. The monoisotopic (exact) mass is 325 g/mol. The number of fused-ring (bicyclic) bond motifs is 1. The molecule has 7 nitrogen and oxygen atoms in total. The molecule has 3 aromatic rings. The van der Waals surface area contributed by atoms with Crippen LogP contribution in [0.5, 0.6) is 0 Å². The lowest BCUT2D eigenvalue weighted by Crippen LogP contribution is -2.42. The van der Waals surface area contributed by atoms with E-state index in [1.54, 1.807) is 12.3 Å². The van der Waals surface area contributed by atoms with Gasteiger partial charge in [-0.2, -0.15) is 5.10 Å². The molecule has 4 rings (SSSR count). The number of nitrogens with zero attached hydrogens (tertiary/aromatic N) is 3. The molecule has 3 N–H and O–H groups in total. The van der Waals surface area contributed by atoms with Crippen LogP contribution in [0.1, 0.15) is 24.4 Å². The molecule has 2 aromatic heterocycles. The predicted molar refractivity (Wildman–Crippen MR) is 89.4 cm³/mol. The van der Waals surface area contributed by atoms with E-state index in [2.05, 4.69) is 25.1 Å². The number of H-pyrrole nitrogens is 2. The van der Waals surface area contributed by atoms with Crippen molar-refractivity contribution in [2.45, 2.75) is 25.0 Å². The number of aromatic amines is 2. The molecule has 0 radical (unpaired) electrons. The molecular weight excluding hydrogens is 306 g/mol. The summed E-state index contributed by atoms with van der Waals surface area (Å²) in [5.74, 6) is 0.658. The summed E-state index contributed by atoms with van der Waals surface area (Å²) in [6, 6.07) is 9.15. The molecule has 0 amide bonds. The first-order chi connectivity index (χ1) is 11.6. The van der Waals surface area contributed by atoms with Gasteiger partial charge in [-0.1, -0.05) is 12.1 Å². The van der Waals surface area contributed by atoms with Gasteiger partial charge in [-0.05, 0) is 31.0 Å². The Bertz CT molecular complexity index is 895. The average molecular weight is 325 g/mol. The third-order valence-corrected chi connectivity index (χ3v) is 4.72. The van der Waals surface area contributed by atoms with Gasteiger partial charge in [-0.25, -0.2) is 4.98 Å². The van der Waals surface area contributed by atoms with E-state index < -0.39 is 5.60 Å². The maximum Gasteiger partial charge on any atom is 0.258 e. The van der Waals surface area contributed by atoms with E-state index in [0.717, 1.165) is 18.8 Å². The van der Waals surface area contributed by atoms with E-state index in [-0.39, 0.29) is 5.56 Å². The Balaban J connectivity index is 1.49. The summed E-state index contributed by atoms with van der Waals surface area (Å²) in [6.45, 7) is 2.03. The normalized spacial score (nSPS) is 18.0. The molecule has 124 valence electrons. The standard InChI is InChI=1S/C17H19N5O2/c23-16-12-3-1-2-4-13(12)19-15(20-16)11-22-9-6-17(24,7-10-22)14-5-8-18-21-14/h1-5,8,24H,6-7,9-11H2,(H,18,21)(H,19,20,23). The lowest BCUT2D eigenvalue weighted by molar-refractivity contribution is -0.0316. The van der Waals surface area contributed by atoms with Gasteiger partial charge in [0.05, 0.1) is 23.1 Å². The van der Waals surface area contributed by atoms with Gasteiger partial charge in [0, 0.05) is 19.3 Å². The number of para-hydroxylation sites is 1. The van der Waals surface area contributed by atoms with Crippen molar-refractivity contribution in [1.29, 1.82) is 0 Å². The number of nitrogens with one attached hydrogen (secondary N) is 2. The van der Waals surface area contributed by atoms with Crippen LogP contribution in [0.4, 0.5) is 0 Å². The zero-order chi connectivity index (χ0) is 16.6. The second-order valence-corrected chi connectivity index (χ2v) is 6.31. The van der Waals surface area contributed by atoms with Crippen molar-refractivity contribution in [3.8, 4) is 0 Å². The second-order valence-electron chi connectivity index (χ2n) is 6.31. The molecule has 1 aromatic carbocycles. The van der Waals surface area contributed by atoms with Crippen molar-refractivity contribution in [3.63, 3.8) is 0 Å². The lowest BCUT2D eigenvalue weighted by Gasteiger charge is -2.37. The maximum absolute atomic E-state index is 12.1. The van der Waals surface area contributed by atoms with Crippen molar-refractivity contribution < 1.29 is 5.11 Å². The second kappa shape index (κ2) is 5.85. The van der Waals surface area contributed by atoms with Gasteiger partial charge >= 0.3 is 0 Å². The highest BCUT2D eigenvalue weighted by Crippen LogP contribution is 2.31. The zero-order valence-corrected chi connectivity index (χ0v) is 13.2. The molecule has 0 atom stereocenters. The number of hydrogen-bond donors (Lipinski definition) is 3. The fraction of sp³-hybridized carbons (Fsp3) is 0.353. The van der Waals surface area contributed by atoms with Crippen LogP contribution in [0.2, 0.25) is 0 Å². The molecular formula is C17H19N5O2. The molecule has 0 saturated carbocycles. The van der Waals surface area contributed by atoms with Crippen LogP contribution >= 0.6 is 0 Å². The largest absolute Gasteiger partial charge is 0.383 e. The number of likely N-dealkylation sites (tertiary alicyclic amines) is 1. The fourth-order valence-electron chi connectivity index (χ4n) is 3.29. The van der Waals surface area contributed by atoms with E-state index in [4.69, 9.17) is 0 Å².